The van der Waals surface area contributed by atoms with Gasteiger partial charge in [-0.05, 0) is 25.0 Å². The van der Waals surface area contributed by atoms with Crippen molar-refractivity contribution in [3.05, 3.63) is 23.4 Å². The Morgan fingerprint density at radius 1 is 1.41 bits per heavy atom. The molecule has 0 saturated carbocycles. The number of hydrogen-bond donors (Lipinski definition) is 1. The van der Waals surface area contributed by atoms with Crippen molar-refractivity contribution in [2.75, 3.05) is 25.0 Å². The van der Waals surface area contributed by atoms with E-state index in [1.807, 2.05) is 6.07 Å². The number of likely N-dealkylation sites (tertiary alicyclic amines) is 1. The summed E-state index contributed by atoms with van der Waals surface area (Å²) in [4.78, 5) is 31.6. The molecule has 3 rings (SSSR count). The summed E-state index contributed by atoms with van der Waals surface area (Å²) in [5.74, 6) is -0.746. The van der Waals surface area contributed by atoms with E-state index in [2.05, 4.69) is 9.88 Å². The lowest BCUT2D eigenvalue weighted by molar-refractivity contribution is -0.145. The molecule has 0 aromatic carbocycles. The van der Waals surface area contributed by atoms with Crippen LogP contribution >= 0.6 is 11.6 Å². The smallest absolute Gasteiger partial charge is 0.309 e. The SMILES string of the molecule is CN1C(=O)C[C@H](C(=O)O)C12CCN(c1ccc(Cl)cn1)CC2. The number of halogens is 1. The Labute approximate surface area is 133 Å². The molecule has 1 aromatic rings. The standard InChI is InChI=1S/C15H18ClN3O3/c1-18-13(20)8-11(14(21)22)15(18)4-6-19(7-5-15)12-3-2-10(16)9-17-12/h2-3,9,11H,4-8H2,1H3,(H,21,22)/t11-/m1/s1. The van der Waals surface area contributed by atoms with Crippen LogP contribution in [0.2, 0.25) is 5.02 Å². The van der Waals surface area contributed by atoms with Gasteiger partial charge in [0, 0.05) is 32.8 Å². The van der Waals surface area contributed by atoms with Gasteiger partial charge in [0.15, 0.2) is 0 Å². The maximum absolute atomic E-state index is 12.0. The lowest BCUT2D eigenvalue weighted by Gasteiger charge is -2.45. The summed E-state index contributed by atoms with van der Waals surface area (Å²) >= 11 is 5.85. The van der Waals surface area contributed by atoms with Crippen molar-refractivity contribution >= 4 is 29.3 Å². The Balaban J connectivity index is 1.78. The number of carbonyl (C=O) groups excluding carboxylic acids is 1. The number of rotatable bonds is 2. The van der Waals surface area contributed by atoms with Crippen LogP contribution < -0.4 is 4.90 Å². The van der Waals surface area contributed by atoms with Crippen molar-refractivity contribution in [3.63, 3.8) is 0 Å². The highest BCUT2D eigenvalue weighted by Gasteiger charge is 2.55. The first-order valence-corrected chi connectivity index (χ1v) is 7.68. The molecule has 1 N–H and O–H groups in total. The molecule has 0 bridgehead atoms. The molecule has 7 heteroatoms. The number of piperidine rings is 1. The molecular formula is C15H18ClN3O3. The van der Waals surface area contributed by atoms with Crippen LogP contribution in [-0.2, 0) is 9.59 Å². The molecule has 118 valence electrons. The normalized spacial score (nSPS) is 24.1. The van der Waals surface area contributed by atoms with Crippen LogP contribution in [0.15, 0.2) is 18.3 Å². The van der Waals surface area contributed by atoms with E-state index in [0.29, 0.717) is 31.0 Å². The average molecular weight is 324 g/mol. The van der Waals surface area contributed by atoms with E-state index in [1.165, 1.54) is 0 Å². The fourth-order valence-electron chi connectivity index (χ4n) is 3.66. The van der Waals surface area contributed by atoms with Crippen LogP contribution in [0, 0.1) is 5.92 Å². The third-order valence-electron chi connectivity index (χ3n) is 5.03. The van der Waals surface area contributed by atoms with Crippen molar-refractivity contribution in [2.45, 2.75) is 24.8 Å². The zero-order valence-corrected chi connectivity index (χ0v) is 13.1. The Bertz CT molecular complexity index is 597. The van der Waals surface area contributed by atoms with Gasteiger partial charge in [-0.15, -0.1) is 0 Å². The lowest BCUT2D eigenvalue weighted by atomic mass is 9.77. The van der Waals surface area contributed by atoms with Crippen LogP contribution in [0.1, 0.15) is 19.3 Å². The molecule has 3 heterocycles. The fraction of sp³-hybridized carbons (Fsp3) is 0.533. The number of amides is 1. The largest absolute Gasteiger partial charge is 0.481 e. The summed E-state index contributed by atoms with van der Waals surface area (Å²) in [5, 5.41) is 10.0. The highest BCUT2D eigenvalue weighted by Crippen LogP contribution is 2.43. The predicted molar refractivity (Wildman–Crippen MR) is 81.9 cm³/mol. The summed E-state index contributed by atoms with van der Waals surface area (Å²) < 4.78 is 0. The van der Waals surface area contributed by atoms with Gasteiger partial charge in [0.25, 0.3) is 0 Å². The van der Waals surface area contributed by atoms with Crippen LogP contribution in [-0.4, -0.2) is 52.5 Å². The molecule has 1 amide bonds. The fourth-order valence-corrected chi connectivity index (χ4v) is 3.77. The highest BCUT2D eigenvalue weighted by atomic mass is 35.5. The van der Waals surface area contributed by atoms with Gasteiger partial charge < -0.3 is 14.9 Å². The van der Waals surface area contributed by atoms with Gasteiger partial charge >= 0.3 is 5.97 Å². The molecule has 2 saturated heterocycles. The second kappa shape index (κ2) is 5.43. The first-order valence-electron chi connectivity index (χ1n) is 7.30. The first kappa shape index (κ1) is 15.1. The molecule has 0 aliphatic carbocycles. The number of hydrogen-bond acceptors (Lipinski definition) is 4. The number of carboxylic acid groups (broad SMARTS) is 1. The number of aliphatic carboxylic acids is 1. The summed E-state index contributed by atoms with van der Waals surface area (Å²) in [6.45, 7) is 1.35. The van der Waals surface area contributed by atoms with Gasteiger partial charge in [-0.25, -0.2) is 4.98 Å². The zero-order chi connectivity index (χ0) is 15.9. The van der Waals surface area contributed by atoms with Gasteiger partial charge in [-0.1, -0.05) is 11.6 Å². The van der Waals surface area contributed by atoms with Gasteiger partial charge in [-0.2, -0.15) is 0 Å². The Morgan fingerprint density at radius 3 is 2.64 bits per heavy atom. The summed E-state index contributed by atoms with van der Waals surface area (Å²) in [7, 11) is 1.72. The molecular weight excluding hydrogens is 306 g/mol. The molecule has 1 spiro atoms. The minimum Gasteiger partial charge on any atom is -0.481 e. The molecule has 0 unspecified atom stereocenters. The molecule has 1 aromatic heterocycles. The number of pyridine rings is 1. The first-order chi connectivity index (χ1) is 10.4. The van der Waals surface area contributed by atoms with Crippen LogP contribution in [0.5, 0.6) is 0 Å². The van der Waals surface area contributed by atoms with Crippen molar-refractivity contribution in [1.82, 2.24) is 9.88 Å². The van der Waals surface area contributed by atoms with E-state index in [9.17, 15) is 14.7 Å². The second-order valence-corrected chi connectivity index (χ2v) is 6.41. The summed E-state index contributed by atoms with van der Waals surface area (Å²) in [6, 6.07) is 3.65. The minimum atomic E-state index is -0.879. The molecule has 6 nitrogen and oxygen atoms in total. The van der Waals surface area contributed by atoms with E-state index < -0.39 is 17.4 Å². The summed E-state index contributed by atoms with van der Waals surface area (Å²) in [6.07, 6.45) is 2.98. The lowest BCUT2D eigenvalue weighted by Crippen LogP contribution is -2.56. The van der Waals surface area contributed by atoms with E-state index in [4.69, 9.17) is 11.6 Å². The number of nitrogens with zero attached hydrogens (tertiary/aromatic N) is 3. The third kappa shape index (κ3) is 2.31. The molecule has 22 heavy (non-hydrogen) atoms. The van der Waals surface area contributed by atoms with Crippen LogP contribution in [0.25, 0.3) is 0 Å². The zero-order valence-electron chi connectivity index (χ0n) is 12.3. The monoisotopic (exact) mass is 323 g/mol. The number of carboxylic acids is 1. The topological polar surface area (TPSA) is 73.7 Å². The average Bonchev–Trinajstić information content (AvgIpc) is 2.75. The van der Waals surface area contributed by atoms with Crippen molar-refractivity contribution in [2.24, 2.45) is 5.92 Å². The number of carbonyl (C=O) groups is 2. The van der Waals surface area contributed by atoms with E-state index in [1.54, 1.807) is 24.2 Å². The van der Waals surface area contributed by atoms with Gasteiger partial charge in [0.1, 0.15) is 5.82 Å². The second-order valence-electron chi connectivity index (χ2n) is 5.97. The van der Waals surface area contributed by atoms with E-state index >= 15 is 0 Å². The third-order valence-corrected chi connectivity index (χ3v) is 5.26. The van der Waals surface area contributed by atoms with E-state index in [-0.39, 0.29) is 12.3 Å². The van der Waals surface area contributed by atoms with Crippen molar-refractivity contribution < 1.29 is 14.7 Å². The minimum absolute atomic E-state index is 0.0783. The molecule has 2 aliphatic rings. The highest BCUT2D eigenvalue weighted by molar-refractivity contribution is 6.30. The molecule has 1 atom stereocenters. The maximum atomic E-state index is 12.0. The number of anilines is 1. The van der Waals surface area contributed by atoms with Crippen molar-refractivity contribution in [3.8, 4) is 0 Å². The predicted octanol–water partition coefficient (Wildman–Crippen LogP) is 1.64. The van der Waals surface area contributed by atoms with E-state index in [0.717, 1.165) is 5.82 Å². The Morgan fingerprint density at radius 2 is 2.09 bits per heavy atom. The van der Waals surface area contributed by atoms with Crippen LogP contribution in [0.4, 0.5) is 5.82 Å². The van der Waals surface area contributed by atoms with Gasteiger partial charge in [0.2, 0.25) is 5.91 Å². The quantitative estimate of drug-likeness (QED) is 0.895. The van der Waals surface area contributed by atoms with Gasteiger partial charge in [0.05, 0.1) is 16.5 Å². The summed E-state index contributed by atoms with van der Waals surface area (Å²) in [5.41, 5.74) is -0.564. The van der Waals surface area contributed by atoms with Crippen molar-refractivity contribution in [1.29, 1.82) is 0 Å². The molecule has 0 radical (unpaired) electrons. The Kier molecular flexibility index (Phi) is 3.72. The molecule has 2 aliphatic heterocycles. The Hall–Kier alpha value is -1.82. The molecule has 2 fully saturated rings. The van der Waals surface area contributed by atoms with Crippen LogP contribution in [0.3, 0.4) is 0 Å². The number of aromatic nitrogens is 1. The van der Waals surface area contributed by atoms with Gasteiger partial charge in [-0.3, -0.25) is 9.59 Å². The maximum Gasteiger partial charge on any atom is 0.309 e.